The van der Waals surface area contributed by atoms with Crippen LogP contribution in [0.15, 0.2) is 58.6 Å². The zero-order chi connectivity index (χ0) is 17.5. The lowest BCUT2D eigenvalue weighted by molar-refractivity contribution is 0.0896. The van der Waals surface area contributed by atoms with Gasteiger partial charge in [0.2, 0.25) is 0 Å². The van der Waals surface area contributed by atoms with E-state index < -0.39 is 0 Å². The Bertz CT molecular complexity index is 687. The van der Waals surface area contributed by atoms with E-state index in [2.05, 4.69) is 10.3 Å². The minimum atomic E-state index is -0.0635. The average Bonchev–Trinajstić information content (AvgIpc) is 3.15. The van der Waals surface area contributed by atoms with Gasteiger partial charge < -0.3 is 10.1 Å². The second-order valence-electron chi connectivity index (χ2n) is 6.36. The van der Waals surface area contributed by atoms with Gasteiger partial charge >= 0.3 is 0 Å². The van der Waals surface area contributed by atoms with Gasteiger partial charge in [0, 0.05) is 23.7 Å². The smallest absolute Gasteiger partial charge is 0.254 e. The van der Waals surface area contributed by atoms with Crippen LogP contribution in [0.3, 0.4) is 0 Å². The summed E-state index contributed by atoms with van der Waals surface area (Å²) in [6, 6.07) is 13.7. The van der Waals surface area contributed by atoms with Crippen LogP contribution in [0.5, 0.6) is 0 Å². The molecule has 0 spiro atoms. The van der Waals surface area contributed by atoms with Crippen LogP contribution >= 0.6 is 11.8 Å². The molecule has 5 heteroatoms. The van der Waals surface area contributed by atoms with E-state index in [1.165, 1.54) is 11.8 Å². The number of pyridine rings is 1. The second kappa shape index (κ2) is 9.02. The molecule has 132 valence electrons. The van der Waals surface area contributed by atoms with Crippen LogP contribution in [-0.2, 0) is 4.74 Å². The Morgan fingerprint density at radius 3 is 2.92 bits per heavy atom. The summed E-state index contributed by atoms with van der Waals surface area (Å²) in [5.41, 5.74) is 0.625. The topological polar surface area (TPSA) is 51.2 Å². The maximum atomic E-state index is 12.7. The molecule has 3 rings (SSSR count). The van der Waals surface area contributed by atoms with E-state index in [-0.39, 0.29) is 11.9 Å². The molecule has 1 saturated heterocycles. The Labute approximate surface area is 153 Å². The van der Waals surface area contributed by atoms with Gasteiger partial charge in [0.25, 0.3) is 5.91 Å². The number of ether oxygens (including phenoxy) is 1. The molecular weight excluding hydrogens is 332 g/mol. The molecule has 0 radical (unpaired) electrons. The standard InChI is InChI=1S/C20H24N2O2S/c1-15(11-12-16-7-6-14-24-16)22-19(23)18-10-5-13-21-20(18)25-17-8-3-2-4-9-17/h2-5,8-10,13,15-16H,6-7,11-12,14H2,1H3,(H,22,23). The Morgan fingerprint density at radius 1 is 1.32 bits per heavy atom. The Morgan fingerprint density at radius 2 is 2.16 bits per heavy atom. The highest BCUT2D eigenvalue weighted by Crippen LogP contribution is 2.28. The number of hydrogen-bond acceptors (Lipinski definition) is 4. The summed E-state index contributed by atoms with van der Waals surface area (Å²) in [6.45, 7) is 2.92. The van der Waals surface area contributed by atoms with Crippen molar-refractivity contribution in [3.8, 4) is 0 Å². The number of carbonyl (C=O) groups is 1. The number of nitrogens with zero attached hydrogens (tertiary/aromatic N) is 1. The Kier molecular flexibility index (Phi) is 6.48. The number of benzene rings is 1. The summed E-state index contributed by atoms with van der Waals surface area (Å²) in [5.74, 6) is -0.0635. The van der Waals surface area contributed by atoms with Crippen molar-refractivity contribution < 1.29 is 9.53 Å². The van der Waals surface area contributed by atoms with E-state index >= 15 is 0 Å². The quantitative estimate of drug-likeness (QED) is 0.803. The molecule has 1 N–H and O–H groups in total. The van der Waals surface area contributed by atoms with Gasteiger partial charge in [0.1, 0.15) is 5.03 Å². The first-order valence-corrected chi connectivity index (χ1v) is 9.64. The average molecular weight is 356 g/mol. The number of nitrogens with one attached hydrogen (secondary N) is 1. The Hall–Kier alpha value is -1.85. The predicted octanol–water partition coefficient (Wildman–Crippen LogP) is 4.31. The maximum absolute atomic E-state index is 12.7. The first-order chi connectivity index (χ1) is 12.2. The van der Waals surface area contributed by atoms with Gasteiger partial charge in [0.05, 0.1) is 11.7 Å². The maximum Gasteiger partial charge on any atom is 0.254 e. The summed E-state index contributed by atoms with van der Waals surface area (Å²) in [7, 11) is 0. The van der Waals surface area contributed by atoms with Crippen molar-refractivity contribution in [3.63, 3.8) is 0 Å². The SMILES string of the molecule is CC(CCC1CCCO1)NC(=O)c1cccnc1Sc1ccccc1. The molecule has 1 aromatic carbocycles. The number of hydrogen-bond donors (Lipinski definition) is 1. The van der Waals surface area contributed by atoms with Gasteiger partial charge in [-0.1, -0.05) is 30.0 Å². The van der Waals surface area contributed by atoms with E-state index in [0.717, 1.165) is 42.2 Å². The predicted molar refractivity (Wildman–Crippen MR) is 99.9 cm³/mol. The molecule has 1 aliphatic rings. The molecule has 1 amide bonds. The van der Waals surface area contributed by atoms with Gasteiger partial charge in [-0.25, -0.2) is 4.98 Å². The van der Waals surface area contributed by atoms with Gasteiger partial charge in [-0.15, -0.1) is 0 Å². The van der Waals surface area contributed by atoms with Crippen molar-refractivity contribution in [1.82, 2.24) is 10.3 Å². The highest BCUT2D eigenvalue weighted by molar-refractivity contribution is 7.99. The lowest BCUT2D eigenvalue weighted by Crippen LogP contribution is -2.33. The highest BCUT2D eigenvalue weighted by Gasteiger charge is 2.19. The van der Waals surface area contributed by atoms with Crippen molar-refractivity contribution in [3.05, 3.63) is 54.2 Å². The second-order valence-corrected chi connectivity index (χ2v) is 7.42. The van der Waals surface area contributed by atoms with Crippen LogP contribution in [0.4, 0.5) is 0 Å². The minimum absolute atomic E-state index is 0.0635. The molecule has 2 atom stereocenters. The van der Waals surface area contributed by atoms with Gasteiger partial charge in [-0.3, -0.25) is 4.79 Å². The van der Waals surface area contributed by atoms with Crippen LogP contribution in [0.25, 0.3) is 0 Å². The zero-order valence-corrected chi connectivity index (χ0v) is 15.3. The third-order valence-corrected chi connectivity index (χ3v) is 5.32. The van der Waals surface area contributed by atoms with Crippen LogP contribution < -0.4 is 5.32 Å². The first kappa shape index (κ1) is 18.0. The number of rotatable bonds is 7. The third kappa shape index (κ3) is 5.31. The molecular formula is C20H24N2O2S. The fourth-order valence-electron chi connectivity index (χ4n) is 2.93. The fraction of sp³-hybridized carbons (Fsp3) is 0.400. The molecule has 2 aromatic rings. The minimum Gasteiger partial charge on any atom is -0.378 e. The summed E-state index contributed by atoms with van der Waals surface area (Å²) >= 11 is 1.51. The molecule has 1 aromatic heterocycles. The summed E-state index contributed by atoms with van der Waals surface area (Å²) in [4.78, 5) is 18.1. The van der Waals surface area contributed by atoms with Crippen LogP contribution in [0.2, 0.25) is 0 Å². The van der Waals surface area contributed by atoms with Crippen molar-refractivity contribution >= 4 is 17.7 Å². The third-order valence-electron chi connectivity index (χ3n) is 4.30. The van der Waals surface area contributed by atoms with Crippen molar-refractivity contribution in [1.29, 1.82) is 0 Å². The van der Waals surface area contributed by atoms with Gasteiger partial charge in [0.15, 0.2) is 0 Å². The number of carbonyl (C=O) groups excluding carboxylic acids is 1. The van der Waals surface area contributed by atoms with Gasteiger partial charge in [-0.05, 0) is 56.9 Å². The molecule has 0 aliphatic carbocycles. The van der Waals surface area contributed by atoms with Crippen molar-refractivity contribution in [2.45, 2.75) is 54.7 Å². The molecule has 2 unspecified atom stereocenters. The molecule has 0 bridgehead atoms. The van der Waals surface area contributed by atoms with Crippen LogP contribution in [0, 0.1) is 0 Å². The number of amides is 1. The zero-order valence-electron chi connectivity index (χ0n) is 14.5. The first-order valence-electron chi connectivity index (χ1n) is 8.83. The molecule has 4 nitrogen and oxygen atoms in total. The van der Waals surface area contributed by atoms with Crippen molar-refractivity contribution in [2.75, 3.05) is 6.61 Å². The van der Waals surface area contributed by atoms with Gasteiger partial charge in [-0.2, -0.15) is 0 Å². The van der Waals surface area contributed by atoms with E-state index in [4.69, 9.17) is 4.74 Å². The summed E-state index contributed by atoms with van der Waals surface area (Å²) in [5, 5.41) is 3.83. The highest BCUT2D eigenvalue weighted by atomic mass is 32.2. The monoisotopic (exact) mass is 356 g/mol. The summed E-state index contributed by atoms with van der Waals surface area (Å²) in [6.07, 6.45) is 6.31. The lowest BCUT2D eigenvalue weighted by Gasteiger charge is -2.17. The van der Waals surface area contributed by atoms with Crippen LogP contribution in [-0.4, -0.2) is 29.6 Å². The van der Waals surface area contributed by atoms with E-state index in [9.17, 15) is 4.79 Å². The summed E-state index contributed by atoms with van der Waals surface area (Å²) < 4.78 is 5.65. The lowest BCUT2D eigenvalue weighted by atomic mass is 10.1. The normalized spacial score (nSPS) is 18.0. The molecule has 25 heavy (non-hydrogen) atoms. The van der Waals surface area contributed by atoms with E-state index in [1.807, 2.05) is 43.3 Å². The van der Waals surface area contributed by atoms with Crippen molar-refractivity contribution in [2.24, 2.45) is 0 Å². The molecule has 1 aliphatic heterocycles. The van der Waals surface area contributed by atoms with E-state index in [0.29, 0.717) is 11.7 Å². The largest absolute Gasteiger partial charge is 0.378 e. The van der Waals surface area contributed by atoms with Crippen LogP contribution in [0.1, 0.15) is 43.0 Å². The molecule has 2 heterocycles. The number of aromatic nitrogens is 1. The van der Waals surface area contributed by atoms with E-state index in [1.54, 1.807) is 12.3 Å². The Balaban J connectivity index is 1.59. The fourth-order valence-corrected chi connectivity index (χ4v) is 3.83. The molecule has 0 saturated carbocycles. The molecule has 1 fully saturated rings.